The first-order valence-corrected chi connectivity index (χ1v) is 10.1. The summed E-state index contributed by atoms with van der Waals surface area (Å²) in [6.45, 7) is 4.41. The van der Waals surface area contributed by atoms with Gasteiger partial charge in [0.1, 0.15) is 0 Å². The van der Waals surface area contributed by atoms with Crippen LogP contribution in [0.4, 0.5) is 11.4 Å². The fourth-order valence-corrected chi connectivity index (χ4v) is 3.74. The number of carbonyl (C=O) groups excluding carboxylic acids is 1. The van der Waals surface area contributed by atoms with Crippen molar-refractivity contribution in [1.29, 1.82) is 0 Å². The van der Waals surface area contributed by atoms with E-state index in [-0.39, 0.29) is 18.9 Å². The van der Waals surface area contributed by atoms with Crippen molar-refractivity contribution in [1.82, 2.24) is 0 Å². The third kappa shape index (κ3) is 4.82. The van der Waals surface area contributed by atoms with Crippen LogP contribution in [-0.4, -0.2) is 33.7 Å². The van der Waals surface area contributed by atoms with Gasteiger partial charge in [0.15, 0.2) is 0 Å². The van der Waals surface area contributed by atoms with Gasteiger partial charge in [-0.25, -0.2) is 8.42 Å². The molecule has 1 amide bonds. The van der Waals surface area contributed by atoms with Crippen LogP contribution in [-0.2, 0) is 14.8 Å². The lowest BCUT2D eigenvalue weighted by Crippen LogP contribution is -2.37. The topological polar surface area (TPSA) is 57.7 Å². The zero-order chi connectivity index (χ0) is 18.4. The molecular weight excluding hydrogens is 336 g/mol. The van der Waals surface area contributed by atoms with Gasteiger partial charge in [-0.05, 0) is 37.6 Å². The Kier molecular flexibility index (Phi) is 6.20. The molecule has 0 aromatic heterocycles. The molecule has 5 nitrogen and oxygen atoms in total. The van der Waals surface area contributed by atoms with E-state index in [0.29, 0.717) is 12.2 Å². The second-order valence-electron chi connectivity index (χ2n) is 5.85. The summed E-state index contributed by atoms with van der Waals surface area (Å²) in [5, 5.41) is 0. The average Bonchev–Trinajstić information content (AvgIpc) is 2.57. The highest BCUT2D eigenvalue weighted by Gasteiger charge is 2.22. The summed E-state index contributed by atoms with van der Waals surface area (Å²) in [6.07, 6.45) is 1.28. The zero-order valence-electron chi connectivity index (χ0n) is 14.8. The lowest BCUT2D eigenvalue weighted by molar-refractivity contribution is -0.118. The van der Waals surface area contributed by atoms with Crippen LogP contribution in [0.25, 0.3) is 0 Å². The minimum Gasteiger partial charge on any atom is -0.313 e. The predicted molar refractivity (Wildman–Crippen MR) is 102 cm³/mol. The number of aryl methyl sites for hydroxylation is 1. The Morgan fingerprint density at radius 3 is 2.16 bits per heavy atom. The minimum atomic E-state index is -3.47. The molecule has 0 fully saturated rings. The van der Waals surface area contributed by atoms with Crippen LogP contribution in [0.5, 0.6) is 0 Å². The molecule has 0 saturated heterocycles. The molecule has 0 aliphatic heterocycles. The summed E-state index contributed by atoms with van der Waals surface area (Å²) in [5.74, 6) is -0.101. The van der Waals surface area contributed by atoms with E-state index in [0.717, 1.165) is 11.3 Å². The maximum absolute atomic E-state index is 12.6. The van der Waals surface area contributed by atoms with Gasteiger partial charge >= 0.3 is 0 Å². The van der Waals surface area contributed by atoms with Crippen LogP contribution in [0.1, 0.15) is 18.9 Å². The van der Waals surface area contributed by atoms with Crippen LogP contribution >= 0.6 is 0 Å². The van der Waals surface area contributed by atoms with Crippen molar-refractivity contribution in [2.45, 2.75) is 20.3 Å². The van der Waals surface area contributed by atoms with E-state index in [1.54, 1.807) is 17.0 Å². The summed E-state index contributed by atoms with van der Waals surface area (Å²) in [4.78, 5) is 14.3. The number of carbonyl (C=O) groups is 1. The number of rotatable bonds is 7. The molecule has 2 rings (SSSR count). The summed E-state index contributed by atoms with van der Waals surface area (Å²) in [7, 11) is -3.47. The second kappa shape index (κ2) is 8.16. The molecule has 0 spiro atoms. The molecule has 0 saturated carbocycles. The molecule has 0 aliphatic carbocycles. The number of amides is 1. The fourth-order valence-electron chi connectivity index (χ4n) is 2.75. The maximum Gasteiger partial charge on any atom is 0.232 e. The third-order valence-electron chi connectivity index (χ3n) is 4.00. The standard InChI is InChI=1S/C19H24N2O3S/c1-4-20(17-11-6-5-7-12-17)19(22)14-15-21(25(3,23)24)18-13-9-8-10-16(18)2/h5-13H,4,14-15H2,1-3H3. The largest absolute Gasteiger partial charge is 0.313 e. The van der Waals surface area contributed by atoms with Gasteiger partial charge in [0.25, 0.3) is 0 Å². The van der Waals surface area contributed by atoms with E-state index < -0.39 is 10.0 Å². The van der Waals surface area contributed by atoms with E-state index in [4.69, 9.17) is 0 Å². The number of anilines is 2. The molecule has 2 aromatic carbocycles. The zero-order valence-corrected chi connectivity index (χ0v) is 15.7. The minimum absolute atomic E-state index is 0.101. The Balaban J connectivity index is 2.18. The van der Waals surface area contributed by atoms with E-state index in [1.165, 1.54) is 10.6 Å². The predicted octanol–water partition coefficient (Wildman–Crippen LogP) is 3.20. The molecular formula is C19H24N2O3S. The van der Waals surface area contributed by atoms with Gasteiger partial charge in [-0.15, -0.1) is 0 Å². The van der Waals surface area contributed by atoms with Gasteiger partial charge in [-0.1, -0.05) is 36.4 Å². The number of para-hydroxylation sites is 2. The van der Waals surface area contributed by atoms with Crippen molar-refractivity contribution in [3.8, 4) is 0 Å². The van der Waals surface area contributed by atoms with E-state index in [9.17, 15) is 13.2 Å². The van der Waals surface area contributed by atoms with Crippen molar-refractivity contribution in [3.05, 3.63) is 60.2 Å². The van der Waals surface area contributed by atoms with Gasteiger partial charge in [0.2, 0.25) is 15.9 Å². The molecule has 25 heavy (non-hydrogen) atoms. The molecule has 0 aliphatic rings. The molecule has 0 radical (unpaired) electrons. The van der Waals surface area contributed by atoms with Gasteiger partial charge in [0.05, 0.1) is 11.9 Å². The monoisotopic (exact) mass is 360 g/mol. The smallest absolute Gasteiger partial charge is 0.232 e. The highest BCUT2D eigenvalue weighted by molar-refractivity contribution is 7.92. The van der Waals surface area contributed by atoms with Crippen molar-refractivity contribution in [3.63, 3.8) is 0 Å². The molecule has 134 valence electrons. The maximum atomic E-state index is 12.6. The first-order chi connectivity index (χ1) is 11.8. The van der Waals surface area contributed by atoms with Gasteiger partial charge in [0, 0.05) is 25.2 Å². The van der Waals surface area contributed by atoms with Crippen LogP contribution < -0.4 is 9.21 Å². The van der Waals surface area contributed by atoms with Crippen LogP contribution in [0, 0.1) is 6.92 Å². The number of sulfonamides is 1. The van der Waals surface area contributed by atoms with Gasteiger partial charge in [-0.3, -0.25) is 9.10 Å². The quantitative estimate of drug-likeness (QED) is 0.762. The summed E-state index contributed by atoms with van der Waals surface area (Å²) < 4.78 is 25.7. The highest BCUT2D eigenvalue weighted by Crippen LogP contribution is 2.23. The molecule has 0 atom stereocenters. The first kappa shape index (κ1) is 19.0. The third-order valence-corrected chi connectivity index (χ3v) is 5.18. The summed E-state index contributed by atoms with van der Waals surface area (Å²) >= 11 is 0. The van der Waals surface area contributed by atoms with Crippen LogP contribution in [0.2, 0.25) is 0 Å². The van der Waals surface area contributed by atoms with E-state index >= 15 is 0 Å². The molecule has 0 heterocycles. The lowest BCUT2D eigenvalue weighted by Gasteiger charge is -2.26. The van der Waals surface area contributed by atoms with Gasteiger partial charge < -0.3 is 4.90 Å². The van der Waals surface area contributed by atoms with Crippen molar-refractivity contribution >= 4 is 27.3 Å². The normalized spacial score (nSPS) is 11.2. The highest BCUT2D eigenvalue weighted by atomic mass is 32.2. The Bertz CT molecular complexity index is 820. The molecule has 0 unspecified atom stereocenters. The number of nitrogens with zero attached hydrogens (tertiary/aromatic N) is 2. The molecule has 2 aromatic rings. The lowest BCUT2D eigenvalue weighted by atomic mass is 10.2. The Hall–Kier alpha value is -2.34. The Morgan fingerprint density at radius 1 is 1.00 bits per heavy atom. The van der Waals surface area contributed by atoms with Crippen molar-refractivity contribution in [2.75, 3.05) is 28.6 Å². The Morgan fingerprint density at radius 2 is 1.60 bits per heavy atom. The Labute approximate surface area is 149 Å². The molecule has 6 heteroatoms. The number of hydrogen-bond acceptors (Lipinski definition) is 3. The summed E-state index contributed by atoms with van der Waals surface area (Å²) in [5.41, 5.74) is 2.29. The van der Waals surface area contributed by atoms with Crippen LogP contribution in [0.3, 0.4) is 0 Å². The molecule has 0 bridgehead atoms. The second-order valence-corrected chi connectivity index (χ2v) is 7.75. The van der Waals surface area contributed by atoms with Crippen LogP contribution in [0.15, 0.2) is 54.6 Å². The SMILES string of the molecule is CCN(C(=O)CCN(c1ccccc1C)S(C)(=O)=O)c1ccccc1. The summed E-state index contributed by atoms with van der Waals surface area (Å²) in [6, 6.07) is 16.7. The van der Waals surface area contributed by atoms with E-state index in [2.05, 4.69) is 0 Å². The van der Waals surface area contributed by atoms with Crippen molar-refractivity contribution < 1.29 is 13.2 Å². The van der Waals surface area contributed by atoms with Gasteiger partial charge in [-0.2, -0.15) is 0 Å². The fraction of sp³-hybridized carbons (Fsp3) is 0.316. The van der Waals surface area contributed by atoms with Crippen molar-refractivity contribution in [2.24, 2.45) is 0 Å². The average molecular weight is 360 g/mol. The first-order valence-electron chi connectivity index (χ1n) is 8.23. The number of hydrogen-bond donors (Lipinski definition) is 0. The van der Waals surface area contributed by atoms with E-state index in [1.807, 2.05) is 56.3 Å². The number of benzene rings is 2. The molecule has 0 N–H and O–H groups in total.